The summed E-state index contributed by atoms with van der Waals surface area (Å²) in [7, 11) is 0. The number of carbonyl (C=O) groups excluding carboxylic acids is 1. The van der Waals surface area contributed by atoms with Crippen LogP contribution in [-0.4, -0.2) is 65.5 Å². The summed E-state index contributed by atoms with van der Waals surface area (Å²) in [5.41, 5.74) is 0.714. The van der Waals surface area contributed by atoms with Crippen molar-refractivity contribution in [2.24, 2.45) is 0 Å². The molecule has 1 unspecified atom stereocenters. The third-order valence-electron chi connectivity index (χ3n) is 5.37. The summed E-state index contributed by atoms with van der Waals surface area (Å²) in [4.78, 5) is 24.2. The molecule has 2 aliphatic heterocycles. The van der Waals surface area contributed by atoms with Crippen molar-refractivity contribution in [3.8, 4) is 0 Å². The van der Waals surface area contributed by atoms with Gasteiger partial charge in [-0.1, -0.05) is 6.92 Å². The predicted octanol–water partition coefficient (Wildman–Crippen LogP) is 2.63. The van der Waals surface area contributed by atoms with Gasteiger partial charge >= 0.3 is 0 Å². The van der Waals surface area contributed by atoms with Gasteiger partial charge in [0, 0.05) is 51.0 Å². The molecule has 5 heteroatoms. The molecule has 0 spiro atoms. The second-order valence-electron chi connectivity index (χ2n) is 7.24. The van der Waals surface area contributed by atoms with Crippen LogP contribution in [0.1, 0.15) is 50.4 Å². The number of pyridine rings is 1. The third-order valence-corrected chi connectivity index (χ3v) is 5.37. The maximum atomic E-state index is 12.8. The first-order chi connectivity index (χ1) is 11.6. The molecule has 1 aromatic heterocycles. The fourth-order valence-corrected chi connectivity index (χ4v) is 3.93. The first-order valence-corrected chi connectivity index (χ1v) is 9.36. The standard InChI is InChI=1S/C19H30N4O/c1-4-17-14-22(11-12-23(17)15(2)3)19(24)16-7-8-18(20-13-16)21-9-5-6-10-21/h7-8,13,15,17H,4-6,9-12,14H2,1-3H3. The van der Waals surface area contributed by atoms with Crippen LogP contribution in [0.5, 0.6) is 0 Å². The molecule has 0 saturated carbocycles. The van der Waals surface area contributed by atoms with E-state index in [-0.39, 0.29) is 5.91 Å². The van der Waals surface area contributed by atoms with Gasteiger partial charge in [0.25, 0.3) is 5.91 Å². The Kier molecular flexibility index (Phi) is 5.39. The van der Waals surface area contributed by atoms with E-state index >= 15 is 0 Å². The summed E-state index contributed by atoms with van der Waals surface area (Å²) in [6.45, 7) is 11.4. The average molecular weight is 330 g/mol. The molecular weight excluding hydrogens is 300 g/mol. The van der Waals surface area contributed by atoms with Crippen LogP contribution < -0.4 is 4.90 Å². The van der Waals surface area contributed by atoms with Gasteiger partial charge in [0.05, 0.1) is 5.56 Å². The Hall–Kier alpha value is -1.62. The smallest absolute Gasteiger partial charge is 0.255 e. The second kappa shape index (κ2) is 7.51. The molecule has 1 aromatic rings. The number of aromatic nitrogens is 1. The minimum atomic E-state index is 0.123. The van der Waals surface area contributed by atoms with Crippen molar-refractivity contribution in [1.29, 1.82) is 0 Å². The maximum Gasteiger partial charge on any atom is 0.255 e. The monoisotopic (exact) mass is 330 g/mol. The van der Waals surface area contributed by atoms with E-state index in [4.69, 9.17) is 0 Å². The van der Waals surface area contributed by atoms with Gasteiger partial charge < -0.3 is 9.80 Å². The topological polar surface area (TPSA) is 39.7 Å². The number of rotatable bonds is 4. The Balaban J connectivity index is 1.65. The lowest BCUT2D eigenvalue weighted by Crippen LogP contribution is -2.56. The lowest BCUT2D eigenvalue weighted by molar-refractivity contribution is 0.0371. The molecule has 2 aliphatic rings. The van der Waals surface area contributed by atoms with Crippen LogP contribution in [0.15, 0.2) is 18.3 Å². The van der Waals surface area contributed by atoms with Crippen molar-refractivity contribution in [3.63, 3.8) is 0 Å². The Morgan fingerprint density at radius 1 is 1.21 bits per heavy atom. The molecule has 5 nitrogen and oxygen atoms in total. The zero-order valence-corrected chi connectivity index (χ0v) is 15.2. The van der Waals surface area contributed by atoms with Crippen LogP contribution >= 0.6 is 0 Å². The zero-order valence-electron chi connectivity index (χ0n) is 15.2. The Labute approximate surface area is 145 Å². The lowest BCUT2D eigenvalue weighted by Gasteiger charge is -2.43. The van der Waals surface area contributed by atoms with Crippen molar-refractivity contribution in [3.05, 3.63) is 23.9 Å². The Bertz CT molecular complexity index is 551. The van der Waals surface area contributed by atoms with E-state index in [1.807, 2.05) is 17.0 Å². The van der Waals surface area contributed by atoms with Gasteiger partial charge in [-0.25, -0.2) is 4.98 Å². The molecular formula is C19H30N4O. The highest BCUT2D eigenvalue weighted by Gasteiger charge is 2.30. The molecule has 1 atom stereocenters. The van der Waals surface area contributed by atoms with Crippen molar-refractivity contribution >= 4 is 11.7 Å². The minimum Gasteiger partial charge on any atom is -0.357 e. The molecule has 2 saturated heterocycles. The number of anilines is 1. The van der Waals surface area contributed by atoms with Gasteiger partial charge in [0.15, 0.2) is 0 Å². The van der Waals surface area contributed by atoms with Gasteiger partial charge in [0.1, 0.15) is 5.82 Å². The van der Waals surface area contributed by atoms with E-state index in [0.29, 0.717) is 17.6 Å². The second-order valence-corrected chi connectivity index (χ2v) is 7.24. The molecule has 0 radical (unpaired) electrons. The number of hydrogen-bond donors (Lipinski definition) is 0. The van der Waals surface area contributed by atoms with Crippen LogP contribution in [0.2, 0.25) is 0 Å². The van der Waals surface area contributed by atoms with Crippen molar-refractivity contribution in [2.45, 2.75) is 52.1 Å². The SMILES string of the molecule is CCC1CN(C(=O)c2ccc(N3CCCC3)nc2)CCN1C(C)C. The number of amides is 1. The summed E-state index contributed by atoms with van der Waals surface area (Å²) in [5, 5.41) is 0. The van der Waals surface area contributed by atoms with Crippen molar-refractivity contribution in [2.75, 3.05) is 37.6 Å². The van der Waals surface area contributed by atoms with Crippen LogP contribution in [0, 0.1) is 0 Å². The third kappa shape index (κ3) is 3.56. The molecule has 0 bridgehead atoms. The maximum absolute atomic E-state index is 12.8. The van der Waals surface area contributed by atoms with Crippen molar-refractivity contribution < 1.29 is 4.79 Å². The van der Waals surface area contributed by atoms with E-state index in [0.717, 1.165) is 45.0 Å². The molecule has 1 amide bonds. The van der Waals surface area contributed by atoms with Crippen LogP contribution in [0.25, 0.3) is 0 Å². The largest absolute Gasteiger partial charge is 0.357 e. The lowest BCUT2D eigenvalue weighted by atomic mass is 10.1. The summed E-state index contributed by atoms with van der Waals surface area (Å²) in [6, 6.07) is 4.94. The first-order valence-electron chi connectivity index (χ1n) is 9.36. The first kappa shape index (κ1) is 17.2. The predicted molar refractivity (Wildman–Crippen MR) is 97.5 cm³/mol. The normalized spacial score (nSPS) is 22.4. The quantitative estimate of drug-likeness (QED) is 0.851. The van der Waals surface area contributed by atoms with Gasteiger partial charge in [-0.05, 0) is 45.2 Å². The van der Waals surface area contributed by atoms with Gasteiger partial charge in [-0.3, -0.25) is 9.69 Å². The van der Waals surface area contributed by atoms with E-state index in [9.17, 15) is 4.79 Å². The minimum absolute atomic E-state index is 0.123. The van der Waals surface area contributed by atoms with Crippen molar-refractivity contribution in [1.82, 2.24) is 14.8 Å². The summed E-state index contributed by atoms with van der Waals surface area (Å²) >= 11 is 0. The number of hydrogen-bond acceptors (Lipinski definition) is 4. The molecule has 3 rings (SSSR count). The molecule has 2 fully saturated rings. The number of carbonyl (C=O) groups is 1. The van der Waals surface area contributed by atoms with Gasteiger partial charge in [-0.15, -0.1) is 0 Å². The molecule has 0 aliphatic carbocycles. The molecule has 0 N–H and O–H groups in total. The van der Waals surface area contributed by atoms with E-state index < -0.39 is 0 Å². The van der Waals surface area contributed by atoms with Crippen LogP contribution in [0.4, 0.5) is 5.82 Å². The molecule has 132 valence electrons. The highest BCUT2D eigenvalue weighted by atomic mass is 16.2. The van der Waals surface area contributed by atoms with E-state index in [2.05, 4.69) is 35.6 Å². The summed E-state index contributed by atoms with van der Waals surface area (Å²) in [5.74, 6) is 1.12. The molecule has 24 heavy (non-hydrogen) atoms. The van der Waals surface area contributed by atoms with Gasteiger partial charge in [-0.2, -0.15) is 0 Å². The Morgan fingerprint density at radius 3 is 2.54 bits per heavy atom. The highest BCUT2D eigenvalue weighted by molar-refractivity contribution is 5.94. The fraction of sp³-hybridized carbons (Fsp3) is 0.684. The molecule has 0 aromatic carbocycles. The molecule has 3 heterocycles. The number of nitrogens with zero attached hydrogens (tertiary/aromatic N) is 4. The van der Waals surface area contributed by atoms with Crippen LogP contribution in [-0.2, 0) is 0 Å². The Morgan fingerprint density at radius 2 is 1.96 bits per heavy atom. The zero-order chi connectivity index (χ0) is 17.1. The van der Waals surface area contributed by atoms with E-state index in [1.54, 1.807) is 6.20 Å². The van der Waals surface area contributed by atoms with Crippen LogP contribution in [0.3, 0.4) is 0 Å². The summed E-state index contributed by atoms with van der Waals surface area (Å²) < 4.78 is 0. The highest BCUT2D eigenvalue weighted by Crippen LogP contribution is 2.20. The summed E-state index contributed by atoms with van der Waals surface area (Å²) in [6.07, 6.45) is 5.31. The van der Waals surface area contributed by atoms with Gasteiger partial charge in [0.2, 0.25) is 0 Å². The average Bonchev–Trinajstić information content (AvgIpc) is 3.15. The fourth-order valence-electron chi connectivity index (χ4n) is 3.93. The number of piperazine rings is 1. The van der Waals surface area contributed by atoms with E-state index in [1.165, 1.54) is 12.8 Å².